The maximum Gasteiger partial charge on any atom is 0.203 e. The van der Waals surface area contributed by atoms with Crippen molar-refractivity contribution in [3.8, 4) is 56.8 Å². The first-order valence-electron chi connectivity index (χ1n) is 20.6. The Kier molecular flexibility index (Phi) is 24.7. The first kappa shape index (κ1) is 54.7. The molecule has 0 radical (unpaired) electrons. The molecule has 4 aromatic rings. The Morgan fingerprint density at radius 1 is 0.508 bits per heavy atom. The van der Waals surface area contributed by atoms with E-state index in [-0.39, 0.29) is 30.4 Å². The van der Waals surface area contributed by atoms with Crippen molar-refractivity contribution < 1.29 is 28.4 Å². The number of ether oxygens (including phenoxy) is 6. The minimum absolute atomic E-state index is 0. The van der Waals surface area contributed by atoms with Gasteiger partial charge in [-0.25, -0.2) is 0 Å². The molecule has 61 heavy (non-hydrogen) atoms. The first-order chi connectivity index (χ1) is 29.2. The number of rotatable bonds is 10. The van der Waals surface area contributed by atoms with E-state index in [2.05, 4.69) is 10.6 Å². The summed E-state index contributed by atoms with van der Waals surface area (Å²) in [5.74, 6) is 3.68. The molecule has 0 unspecified atom stereocenters. The molecule has 0 fully saturated rings. The molecule has 2 N–H and O–H groups in total. The number of benzene rings is 2. The number of hydrogen-bond acceptors (Lipinski definition) is 12. The van der Waals surface area contributed by atoms with Crippen LogP contribution in [0.25, 0.3) is 22.3 Å². The second kappa shape index (κ2) is 27.6. The fourth-order valence-corrected chi connectivity index (χ4v) is 8.46. The number of nitrogens with one attached hydrogen (secondary N) is 2. The van der Waals surface area contributed by atoms with Gasteiger partial charge in [0.25, 0.3) is 0 Å². The van der Waals surface area contributed by atoms with E-state index in [4.69, 9.17) is 28.4 Å². The molecule has 6 rings (SSSR count). The van der Waals surface area contributed by atoms with Crippen molar-refractivity contribution in [3.05, 3.63) is 91.2 Å². The topological polar surface area (TPSA) is 114 Å². The van der Waals surface area contributed by atoms with Gasteiger partial charge in [0.2, 0.25) is 11.5 Å². The lowest BCUT2D eigenvalue weighted by molar-refractivity contribution is 0.324. The van der Waals surface area contributed by atoms with Gasteiger partial charge in [-0.1, -0.05) is 61.1 Å². The molecule has 338 valence electrons. The van der Waals surface area contributed by atoms with E-state index in [0.717, 1.165) is 80.0 Å². The Bertz CT molecular complexity index is 1980. The molecule has 0 amide bonds. The third-order valence-corrected chi connectivity index (χ3v) is 11.7. The quantitative estimate of drug-likeness (QED) is 0.148. The Morgan fingerprint density at radius 3 is 1.10 bits per heavy atom. The summed E-state index contributed by atoms with van der Waals surface area (Å²) >= 11 is 2.92. The van der Waals surface area contributed by atoms with Gasteiger partial charge in [-0.2, -0.15) is 0 Å². The summed E-state index contributed by atoms with van der Waals surface area (Å²) in [6, 6.07) is 15.5. The minimum Gasteiger partial charge on any atom is -0.493 e. The van der Waals surface area contributed by atoms with E-state index in [1.54, 1.807) is 54.8 Å². The van der Waals surface area contributed by atoms with Crippen LogP contribution in [-0.2, 0) is 12.8 Å². The van der Waals surface area contributed by atoms with Crippen molar-refractivity contribution in [3.63, 3.8) is 0 Å². The highest BCUT2D eigenvalue weighted by Gasteiger charge is 2.30. The number of aryl methyl sites for hydroxylation is 2. The van der Waals surface area contributed by atoms with Gasteiger partial charge in [-0.05, 0) is 122 Å². The third-order valence-electron chi connectivity index (χ3n) is 10.1. The van der Waals surface area contributed by atoms with Crippen LogP contribution in [0.3, 0.4) is 0 Å². The molecule has 0 bridgehead atoms. The van der Waals surface area contributed by atoms with Crippen molar-refractivity contribution in [1.82, 2.24) is 10.6 Å². The third kappa shape index (κ3) is 12.0. The molecular formula is C49H72N2O8S2. The fourth-order valence-electron chi connectivity index (χ4n) is 7.53. The zero-order valence-corrected chi connectivity index (χ0v) is 40.3. The molecule has 0 saturated heterocycles. The lowest BCUT2D eigenvalue weighted by atomic mass is 9.95. The van der Waals surface area contributed by atoms with Gasteiger partial charge in [-0.3, -0.25) is 9.59 Å². The molecule has 4 aromatic carbocycles. The summed E-state index contributed by atoms with van der Waals surface area (Å²) in [5, 5.41) is 6.72. The Labute approximate surface area is 374 Å². The highest BCUT2D eigenvalue weighted by atomic mass is 32.2. The lowest BCUT2D eigenvalue weighted by Gasteiger charge is -2.19. The second-order valence-corrected chi connectivity index (χ2v) is 14.4. The van der Waals surface area contributed by atoms with Crippen LogP contribution in [0.2, 0.25) is 0 Å². The van der Waals surface area contributed by atoms with E-state index in [9.17, 15) is 9.59 Å². The number of thioether (sulfide) groups is 2. The average Bonchev–Trinajstić information content (AvgIpc) is 3.70. The predicted octanol–water partition coefficient (Wildman–Crippen LogP) is 11.1. The van der Waals surface area contributed by atoms with Crippen molar-refractivity contribution in [1.29, 1.82) is 0 Å². The summed E-state index contributed by atoms with van der Waals surface area (Å²) in [7, 11) is 13.6. The van der Waals surface area contributed by atoms with Crippen molar-refractivity contribution >= 4 is 23.5 Å². The van der Waals surface area contributed by atoms with E-state index in [1.165, 1.54) is 23.5 Å². The summed E-state index contributed by atoms with van der Waals surface area (Å²) in [6.45, 7) is 12.0. The van der Waals surface area contributed by atoms with Crippen LogP contribution in [-0.4, -0.2) is 69.3 Å². The van der Waals surface area contributed by atoms with Crippen LogP contribution < -0.4 is 49.9 Å². The fraction of sp³-hybridized carbons (Fsp3) is 0.469. The molecule has 12 heteroatoms. The number of methoxy groups -OCH3 is 6. The van der Waals surface area contributed by atoms with Crippen molar-refractivity contribution in [2.75, 3.05) is 69.3 Å². The van der Waals surface area contributed by atoms with Crippen LogP contribution in [0.5, 0.6) is 34.5 Å². The summed E-state index contributed by atoms with van der Waals surface area (Å²) in [5.41, 5.74) is 8.16. The standard InChI is InChI=1S/2C21H25NO4S.3C2H6.CH4/c2*1-22-15-8-6-12-10-17(24-2)20(25-3)21(26-4)19(12)13-7-9-18(27-5)16(23)11-14(13)15;3*1-2;/h2*7,9-11,15,22H,6,8H2,1-5H3;3*1-2H3;1H4/t2*15-;;;;/m00..../s1. The lowest BCUT2D eigenvalue weighted by Crippen LogP contribution is -2.17. The van der Waals surface area contributed by atoms with E-state index in [0.29, 0.717) is 34.5 Å². The van der Waals surface area contributed by atoms with Crippen LogP contribution in [0.4, 0.5) is 0 Å². The van der Waals surface area contributed by atoms with Gasteiger partial charge in [-0.15, -0.1) is 23.5 Å². The highest BCUT2D eigenvalue weighted by molar-refractivity contribution is 7.98. The molecule has 0 aromatic heterocycles. The average molecular weight is 881 g/mol. The van der Waals surface area contributed by atoms with E-state index < -0.39 is 0 Å². The van der Waals surface area contributed by atoms with Crippen molar-refractivity contribution in [2.24, 2.45) is 0 Å². The maximum atomic E-state index is 12.7. The van der Waals surface area contributed by atoms with Crippen LogP contribution in [0, 0.1) is 0 Å². The Balaban J connectivity index is 0.000000536. The minimum atomic E-state index is 0. The molecule has 2 aliphatic rings. The van der Waals surface area contributed by atoms with Gasteiger partial charge in [0.1, 0.15) is 0 Å². The molecular weight excluding hydrogens is 809 g/mol. The highest BCUT2D eigenvalue weighted by Crippen LogP contribution is 2.51. The van der Waals surface area contributed by atoms with Gasteiger partial charge in [0.05, 0.1) is 52.4 Å². The predicted molar refractivity (Wildman–Crippen MR) is 260 cm³/mol. The second-order valence-electron chi connectivity index (χ2n) is 12.7. The largest absolute Gasteiger partial charge is 0.493 e. The number of fused-ring (bicyclic) bond motifs is 6. The van der Waals surface area contributed by atoms with E-state index in [1.807, 2.05) is 105 Å². The molecule has 2 atom stereocenters. The monoisotopic (exact) mass is 880 g/mol. The van der Waals surface area contributed by atoms with Crippen LogP contribution in [0.1, 0.15) is 96.1 Å². The SMILES string of the molecule is C.CC.CC.CC.CN[C@H]1CCc2cc(OC)c(OC)c(OC)c2-c2ccc(SC)c(=O)cc21.CN[C@H]1CCc2cc(OC)c(OC)c(OC)c2-c2ccc(SC)c(=O)cc21. The van der Waals surface area contributed by atoms with Gasteiger partial charge < -0.3 is 39.1 Å². The number of hydrogen-bond donors (Lipinski definition) is 2. The Hall–Kier alpha value is -4.36. The summed E-state index contributed by atoms with van der Waals surface area (Å²) in [6.07, 6.45) is 7.24. The molecule has 0 spiro atoms. The van der Waals surface area contributed by atoms with Gasteiger partial charge in [0, 0.05) is 23.2 Å². The smallest absolute Gasteiger partial charge is 0.203 e. The molecule has 0 heterocycles. The maximum absolute atomic E-state index is 12.7. The Morgan fingerprint density at radius 2 is 0.836 bits per heavy atom. The zero-order valence-electron chi connectivity index (χ0n) is 38.7. The molecule has 0 aliphatic heterocycles. The molecule has 2 aliphatic carbocycles. The van der Waals surface area contributed by atoms with Gasteiger partial charge in [0.15, 0.2) is 33.9 Å². The van der Waals surface area contributed by atoms with Gasteiger partial charge >= 0.3 is 0 Å². The normalized spacial score (nSPS) is 13.9. The van der Waals surface area contributed by atoms with Crippen LogP contribution >= 0.6 is 23.5 Å². The van der Waals surface area contributed by atoms with Crippen LogP contribution in [0.15, 0.2) is 67.9 Å². The van der Waals surface area contributed by atoms with E-state index >= 15 is 0 Å². The zero-order chi connectivity index (χ0) is 45.1. The summed E-state index contributed by atoms with van der Waals surface area (Å²) < 4.78 is 33.8. The van der Waals surface area contributed by atoms with Crippen molar-refractivity contribution in [2.45, 2.75) is 96.5 Å². The molecule has 10 nitrogen and oxygen atoms in total. The summed E-state index contributed by atoms with van der Waals surface area (Å²) in [4.78, 5) is 26.8. The molecule has 0 saturated carbocycles. The first-order valence-corrected chi connectivity index (χ1v) is 23.1.